The molecule has 0 aliphatic carbocycles. The summed E-state index contributed by atoms with van der Waals surface area (Å²) in [5.74, 6) is -10.8. The summed E-state index contributed by atoms with van der Waals surface area (Å²) in [7, 11) is 0.429. The van der Waals surface area contributed by atoms with Crippen molar-refractivity contribution in [2.45, 2.75) is 11.8 Å². The van der Waals surface area contributed by atoms with Crippen LogP contribution < -0.4 is 0 Å². The van der Waals surface area contributed by atoms with E-state index in [1.165, 1.54) is 0 Å². The van der Waals surface area contributed by atoms with Gasteiger partial charge in [0.25, 0.3) is 0 Å². The summed E-state index contributed by atoms with van der Waals surface area (Å²) in [6.45, 7) is -5.93. The Labute approximate surface area is 71.1 Å². The van der Waals surface area contributed by atoms with Gasteiger partial charge in [-0.25, -0.2) is 0 Å². The van der Waals surface area contributed by atoms with Gasteiger partial charge in [-0.1, -0.05) is 0 Å². The maximum absolute atomic E-state index is 12.2. The third-order valence-corrected chi connectivity index (χ3v) is 6.07. The predicted octanol–water partition coefficient (Wildman–Crippen LogP) is 3.40. The number of hydrogen-bond acceptors (Lipinski definition) is 1. The van der Waals surface area contributed by atoms with Crippen LogP contribution in [0.15, 0.2) is 0 Å². The Hall–Kier alpha value is -0.0300. The van der Waals surface area contributed by atoms with Gasteiger partial charge in [0.1, 0.15) is 0 Å². The Morgan fingerprint density at radius 1 is 0.846 bits per heavy atom. The van der Waals surface area contributed by atoms with Gasteiger partial charge in [-0.3, -0.25) is 0 Å². The van der Waals surface area contributed by atoms with Crippen LogP contribution in [-0.4, -0.2) is 32.3 Å². The molecular weight excluding hydrogens is 221 g/mol. The van der Waals surface area contributed by atoms with Crippen molar-refractivity contribution in [2.24, 2.45) is 0 Å². The van der Waals surface area contributed by atoms with Gasteiger partial charge in [0.15, 0.2) is 0 Å². The van der Waals surface area contributed by atoms with E-state index < -0.39 is 18.7 Å². The zero-order valence-electron chi connectivity index (χ0n) is 7.12. The predicted molar refractivity (Wildman–Crippen MR) is 37.9 cm³/mol. The van der Waals surface area contributed by atoms with Crippen LogP contribution >= 0.6 is 6.83 Å². The van der Waals surface area contributed by atoms with Gasteiger partial charge in [0.05, 0.1) is 0 Å². The topological polar surface area (TPSA) is 9.23 Å². The first-order chi connectivity index (χ1) is 5.36. The molecule has 0 saturated heterocycles. The van der Waals surface area contributed by atoms with Crippen molar-refractivity contribution in [3.63, 3.8) is 0 Å². The second kappa shape index (κ2) is 2.73. The summed E-state index contributed by atoms with van der Waals surface area (Å²) in [6, 6.07) is 0. The van der Waals surface area contributed by atoms with E-state index in [0.29, 0.717) is 7.11 Å². The molecule has 0 aromatic heterocycles. The van der Waals surface area contributed by atoms with Crippen molar-refractivity contribution in [3.05, 3.63) is 0 Å². The van der Waals surface area contributed by atoms with Gasteiger partial charge in [-0.05, 0) is 0 Å². The van der Waals surface area contributed by atoms with E-state index in [2.05, 4.69) is 4.52 Å². The Morgan fingerprint density at radius 3 is 1.08 bits per heavy atom. The van der Waals surface area contributed by atoms with E-state index >= 15 is 0 Å². The molecule has 0 unspecified atom stereocenters. The molecule has 0 atom stereocenters. The third kappa shape index (κ3) is 1.52. The first-order valence-electron chi connectivity index (χ1n) is 3.07. The van der Waals surface area contributed by atoms with Crippen molar-refractivity contribution >= 4 is 6.83 Å². The molecule has 13 heavy (non-hydrogen) atoms. The fourth-order valence-corrected chi connectivity index (χ4v) is 1.05. The first kappa shape index (κ1) is 13.0. The summed E-state index contributed by atoms with van der Waals surface area (Å²) in [5, 5.41) is 0. The molecule has 0 bridgehead atoms. The fraction of sp³-hybridized carbons (Fsp3) is 1.00. The van der Waals surface area contributed by atoms with E-state index in [-0.39, 0.29) is 13.3 Å². The molecule has 0 heterocycles. The average Bonchev–Trinajstić information content (AvgIpc) is 1.83. The molecule has 0 N–H and O–H groups in total. The number of hydrogen-bond donors (Lipinski definition) is 0. The van der Waals surface area contributed by atoms with E-state index in [0.717, 1.165) is 0 Å². The van der Waals surface area contributed by atoms with Gasteiger partial charge in [0, 0.05) is 0 Å². The van der Waals surface area contributed by atoms with Gasteiger partial charge >= 0.3 is 70.0 Å². The van der Waals surface area contributed by atoms with Crippen LogP contribution in [0.1, 0.15) is 0 Å². The van der Waals surface area contributed by atoms with Crippen LogP contribution in [0.5, 0.6) is 0 Å². The zero-order chi connectivity index (χ0) is 11.2. The van der Waals surface area contributed by atoms with Gasteiger partial charge in [0.2, 0.25) is 0 Å². The van der Waals surface area contributed by atoms with Crippen molar-refractivity contribution in [2.75, 3.05) is 20.4 Å². The zero-order valence-corrected chi connectivity index (χ0v) is 8.02. The standard InChI is InChI=1S/C5H9F6OP/c1-12-13(2,3,4(6,7)8)5(9,10)11/h1-3H3. The third-order valence-electron chi connectivity index (χ3n) is 2.02. The van der Waals surface area contributed by atoms with E-state index in [9.17, 15) is 26.3 Å². The normalized spacial score (nSPS) is 18.1. The van der Waals surface area contributed by atoms with Crippen molar-refractivity contribution in [1.82, 2.24) is 0 Å². The molecule has 1 nitrogen and oxygen atoms in total. The molecule has 0 amide bonds. The van der Waals surface area contributed by atoms with E-state index in [4.69, 9.17) is 0 Å². The SMILES string of the molecule is COP(C)(C)(C(F)(F)F)C(F)(F)F. The molecule has 0 fully saturated rings. The molecule has 8 heteroatoms. The summed E-state index contributed by atoms with van der Waals surface area (Å²) < 4.78 is 76.9. The number of rotatable bonds is 1. The minimum absolute atomic E-state index is 0.0889. The molecule has 0 rings (SSSR count). The molecular formula is C5H9F6OP. The molecule has 0 saturated carbocycles. The summed E-state index contributed by atoms with van der Waals surface area (Å²) in [5.41, 5.74) is 0. The van der Waals surface area contributed by atoms with Crippen LogP contribution in [0.2, 0.25) is 0 Å². The molecule has 0 aliphatic rings. The number of halogens is 6. The number of alkyl halides is 6. The first-order valence-corrected chi connectivity index (χ1v) is 6.11. The van der Waals surface area contributed by atoms with E-state index in [1.54, 1.807) is 0 Å². The Bertz CT molecular complexity index is 186. The van der Waals surface area contributed by atoms with Gasteiger partial charge < -0.3 is 0 Å². The van der Waals surface area contributed by atoms with Crippen LogP contribution in [0.4, 0.5) is 26.3 Å². The van der Waals surface area contributed by atoms with Crippen LogP contribution in [-0.2, 0) is 4.52 Å². The van der Waals surface area contributed by atoms with Crippen LogP contribution in [0.25, 0.3) is 0 Å². The molecule has 0 radical (unpaired) electrons. The molecule has 0 aromatic carbocycles. The molecule has 0 aromatic rings. The van der Waals surface area contributed by atoms with Crippen molar-refractivity contribution < 1.29 is 30.9 Å². The van der Waals surface area contributed by atoms with Gasteiger partial charge in [-0.2, -0.15) is 0 Å². The second-order valence-corrected chi connectivity index (χ2v) is 8.50. The molecule has 82 valence electrons. The molecule has 0 aliphatic heterocycles. The quantitative estimate of drug-likeness (QED) is 0.495. The Morgan fingerprint density at radius 2 is 1.08 bits per heavy atom. The Balaban J connectivity index is 5.50. The summed E-state index contributed by atoms with van der Waals surface area (Å²) >= 11 is 0. The summed E-state index contributed by atoms with van der Waals surface area (Å²) in [4.78, 5) is 0. The van der Waals surface area contributed by atoms with E-state index in [1.807, 2.05) is 0 Å². The Kier molecular flexibility index (Phi) is 2.72. The fourth-order valence-electron chi connectivity index (χ4n) is 0.351. The maximum atomic E-state index is 12.2. The van der Waals surface area contributed by atoms with Crippen molar-refractivity contribution in [3.8, 4) is 0 Å². The molecule has 0 spiro atoms. The monoisotopic (exact) mass is 230 g/mol. The second-order valence-electron chi connectivity index (χ2n) is 3.12. The average molecular weight is 230 g/mol. The minimum atomic E-state index is -6.10. The van der Waals surface area contributed by atoms with Crippen molar-refractivity contribution in [1.29, 1.82) is 0 Å². The van der Waals surface area contributed by atoms with Crippen LogP contribution in [0, 0.1) is 0 Å². The summed E-state index contributed by atoms with van der Waals surface area (Å²) in [6.07, 6.45) is 0. The van der Waals surface area contributed by atoms with Gasteiger partial charge in [-0.15, -0.1) is 0 Å². The van der Waals surface area contributed by atoms with Crippen LogP contribution in [0.3, 0.4) is 0 Å².